The van der Waals surface area contributed by atoms with Crippen LogP contribution in [0.3, 0.4) is 0 Å². The van der Waals surface area contributed by atoms with Crippen LogP contribution in [0.25, 0.3) is 0 Å². The molecule has 0 aliphatic carbocycles. The van der Waals surface area contributed by atoms with E-state index in [1.165, 1.54) is 23.0 Å². The maximum Gasteiger partial charge on any atom is 0.326 e. The Labute approximate surface area is 131 Å². The molecule has 0 unspecified atom stereocenters. The van der Waals surface area contributed by atoms with Crippen molar-refractivity contribution in [3.8, 4) is 0 Å². The number of aryl methyl sites for hydroxylation is 3. The number of hydrogen-bond donors (Lipinski definition) is 1. The molecule has 0 radical (unpaired) electrons. The second kappa shape index (κ2) is 5.87. The van der Waals surface area contributed by atoms with Gasteiger partial charge in [-0.3, -0.25) is 19.6 Å². The summed E-state index contributed by atoms with van der Waals surface area (Å²) in [7, 11) is 1.62. The van der Waals surface area contributed by atoms with Crippen molar-refractivity contribution >= 4 is 23.3 Å². The summed E-state index contributed by atoms with van der Waals surface area (Å²) in [6, 6.07) is 3.04. The Morgan fingerprint density at radius 2 is 2.00 bits per heavy atom. The number of carbonyl (C=O) groups is 2. The molecule has 0 fully saturated rings. The number of nitrogens with two attached hydrogens (primary N) is 1. The molecule has 3 amide bonds. The summed E-state index contributed by atoms with van der Waals surface area (Å²) in [5, 5.41) is 15.3. The summed E-state index contributed by atoms with van der Waals surface area (Å²) >= 11 is 0. The first-order chi connectivity index (χ1) is 10.7. The van der Waals surface area contributed by atoms with Crippen LogP contribution in [-0.4, -0.2) is 26.6 Å². The minimum absolute atomic E-state index is 0.140. The summed E-state index contributed by atoms with van der Waals surface area (Å²) in [6.07, 6.45) is 1.42. The molecule has 1 aromatic heterocycles. The van der Waals surface area contributed by atoms with Gasteiger partial charge in [0.25, 0.3) is 11.6 Å². The highest BCUT2D eigenvalue weighted by molar-refractivity contribution is 6.21. The second-order valence-corrected chi connectivity index (χ2v) is 5.03. The fourth-order valence-corrected chi connectivity index (χ4v) is 2.23. The third-order valence-corrected chi connectivity index (χ3v) is 3.24. The van der Waals surface area contributed by atoms with Gasteiger partial charge >= 0.3 is 6.03 Å². The van der Waals surface area contributed by atoms with Crippen molar-refractivity contribution in [3.63, 3.8) is 0 Å². The number of urea groups is 1. The fraction of sp³-hybridized carbons (Fsp3) is 0.214. The maximum absolute atomic E-state index is 12.6. The average molecular weight is 317 g/mol. The van der Waals surface area contributed by atoms with E-state index in [2.05, 4.69) is 5.10 Å². The molecule has 2 aromatic rings. The number of aromatic nitrogens is 2. The highest BCUT2D eigenvalue weighted by atomic mass is 16.6. The molecule has 9 heteroatoms. The molecule has 0 saturated heterocycles. The number of benzene rings is 1. The van der Waals surface area contributed by atoms with E-state index in [0.29, 0.717) is 16.2 Å². The number of nitrogens with zero attached hydrogens (tertiary/aromatic N) is 4. The quantitative estimate of drug-likeness (QED) is 0.681. The molecule has 2 rings (SSSR count). The first-order valence-corrected chi connectivity index (χ1v) is 6.61. The summed E-state index contributed by atoms with van der Waals surface area (Å²) in [4.78, 5) is 35.5. The van der Waals surface area contributed by atoms with Crippen molar-refractivity contribution in [3.05, 3.63) is 51.3 Å². The number of imide groups is 1. The van der Waals surface area contributed by atoms with Crippen LogP contribution in [0, 0.1) is 24.0 Å². The van der Waals surface area contributed by atoms with Gasteiger partial charge in [0.2, 0.25) is 0 Å². The molecular formula is C14H15N5O4. The van der Waals surface area contributed by atoms with Gasteiger partial charge in [0.1, 0.15) is 5.69 Å². The van der Waals surface area contributed by atoms with Crippen molar-refractivity contribution < 1.29 is 14.5 Å². The zero-order chi connectivity index (χ0) is 17.3. The van der Waals surface area contributed by atoms with E-state index in [-0.39, 0.29) is 16.9 Å². The van der Waals surface area contributed by atoms with E-state index in [4.69, 9.17) is 5.73 Å². The second-order valence-electron chi connectivity index (χ2n) is 5.03. The largest absolute Gasteiger partial charge is 0.351 e. The monoisotopic (exact) mass is 317 g/mol. The average Bonchev–Trinajstić information content (AvgIpc) is 2.78. The molecule has 0 saturated carbocycles. The van der Waals surface area contributed by atoms with E-state index >= 15 is 0 Å². The molecule has 0 aliphatic heterocycles. The highest BCUT2D eigenvalue weighted by Gasteiger charge is 2.31. The van der Waals surface area contributed by atoms with Crippen LogP contribution in [0.2, 0.25) is 0 Å². The Kier molecular flexibility index (Phi) is 4.12. The Balaban J connectivity index is 2.60. The van der Waals surface area contributed by atoms with Gasteiger partial charge in [0.05, 0.1) is 16.2 Å². The minimum atomic E-state index is -1.11. The van der Waals surface area contributed by atoms with E-state index in [0.717, 1.165) is 0 Å². The van der Waals surface area contributed by atoms with E-state index in [1.807, 2.05) is 0 Å². The smallest absolute Gasteiger partial charge is 0.326 e. The third-order valence-electron chi connectivity index (χ3n) is 3.24. The number of amides is 3. The van der Waals surface area contributed by atoms with Crippen LogP contribution in [0.4, 0.5) is 16.2 Å². The molecule has 23 heavy (non-hydrogen) atoms. The number of nitro groups is 1. The van der Waals surface area contributed by atoms with Crippen molar-refractivity contribution in [1.82, 2.24) is 9.78 Å². The van der Waals surface area contributed by atoms with Crippen molar-refractivity contribution in [2.24, 2.45) is 12.8 Å². The predicted molar refractivity (Wildman–Crippen MR) is 82.2 cm³/mol. The molecule has 1 heterocycles. The standard InChI is InChI=1S/C14H15N5O4/c1-8-4-5-11(12(6-8)19(22)23)18(14(15)21)13(20)10-7-17(3)16-9(10)2/h4-7H,1-3H3,(H2,15,21). The summed E-state index contributed by atoms with van der Waals surface area (Å²) in [6.45, 7) is 3.26. The van der Waals surface area contributed by atoms with Gasteiger partial charge in [-0.2, -0.15) is 5.10 Å². The molecule has 120 valence electrons. The predicted octanol–water partition coefficient (Wildman–Crippen LogP) is 1.67. The van der Waals surface area contributed by atoms with E-state index in [9.17, 15) is 19.7 Å². The van der Waals surface area contributed by atoms with Gasteiger partial charge in [-0.1, -0.05) is 6.07 Å². The van der Waals surface area contributed by atoms with Crippen LogP contribution < -0.4 is 10.6 Å². The first-order valence-electron chi connectivity index (χ1n) is 6.61. The molecule has 0 bridgehead atoms. The van der Waals surface area contributed by atoms with E-state index < -0.39 is 16.9 Å². The highest BCUT2D eigenvalue weighted by Crippen LogP contribution is 2.30. The third kappa shape index (κ3) is 3.03. The zero-order valence-electron chi connectivity index (χ0n) is 12.8. The Bertz CT molecular complexity index is 811. The Morgan fingerprint density at radius 3 is 2.48 bits per heavy atom. The molecule has 1 aromatic carbocycles. The number of nitro benzene ring substituents is 1. The normalized spacial score (nSPS) is 10.4. The number of primary amides is 1. The SMILES string of the molecule is Cc1ccc(N(C(N)=O)C(=O)c2cn(C)nc2C)c([N+](=O)[O-])c1. The van der Waals surface area contributed by atoms with Crippen molar-refractivity contribution in [2.45, 2.75) is 13.8 Å². The molecule has 9 nitrogen and oxygen atoms in total. The number of rotatable bonds is 3. The lowest BCUT2D eigenvalue weighted by molar-refractivity contribution is -0.384. The fourth-order valence-electron chi connectivity index (χ4n) is 2.23. The number of hydrogen-bond acceptors (Lipinski definition) is 5. The van der Waals surface area contributed by atoms with Crippen molar-refractivity contribution in [1.29, 1.82) is 0 Å². The van der Waals surface area contributed by atoms with Gasteiger partial charge in [0, 0.05) is 19.3 Å². The maximum atomic E-state index is 12.6. The number of carbonyl (C=O) groups excluding carboxylic acids is 2. The Morgan fingerprint density at radius 1 is 1.35 bits per heavy atom. The van der Waals surface area contributed by atoms with Crippen LogP contribution in [0.15, 0.2) is 24.4 Å². The van der Waals surface area contributed by atoms with Crippen molar-refractivity contribution in [2.75, 3.05) is 4.90 Å². The van der Waals surface area contributed by atoms with Crippen LogP contribution in [0.5, 0.6) is 0 Å². The lowest BCUT2D eigenvalue weighted by Gasteiger charge is -2.18. The summed E-state index contributed by atoms with van der Waals surface area (Å²) < 4.78 is 1.41. The van der Waals surface area contributed by atoms with Crippen LogP contribution in [0.1, 0.15) is 21.6 Å². The summed E-state index contributed by atoms with van der Waals surface area (Å²) in [5.41, 5.74) is 5.88. The lowest BCUT2D eigenvalue weighted by Crippen LogP contribution is -2.41. The molecule has 0 spiro atoms. The molecule has 0 aliphatic rings. The van der Waals surface area contributed by atoms with Gasteiger partial charge in [-0.25, -0.2) is 9.69 Å². The summed E-state index contributed by atoms with van der Waals surface area (Å²) in [5.74, 6) is -0.768. The minimum Gasteiger partial charge on any atom is -0.351 e. The van der Waals surface area contributed by atoms with Gasteiger partial charge in [-0.15, -0.1) is 0 Å². The number of anilines is 1. The van der Waals surface area contributed by atoms with Gasteiger partial charge in [-0.05, 0) is 25.5 Å². The zero-order valence-corrected chi connectivity index (χ0v) is 12.8. The topological polar surface area (TPSA) is 124 Å². The lowest BCUT2D eigenvalue weighted by atomic mass is 10.1. The first kappa shape index (κ1) is 16.1. The van der Waals surface area contributed by atoms with Gasteiger partial charge in [0.15, 0.2) is 0 Å². The van der Waals surface area contributed by atoms with Gasteiger partial charge < -0.3 is 5.73 Å². The van der Waals surface area contributed by atoms with Crippen LogP contribution >= 0.6 is 0 Å². The molecular weight excluding hydrogens is 302 g/mol. The molecule has 0 atom stereocenters. The van der Waals surface area contributed by atoms with Crippen LogP contribution in [-0.2, 0) is 7.05 Å². The van der Waals surface area contributed by atoms with E-state index in [1.54, 1.807) is 27.0 Å². The Hall–Kier alpha value is -3.23. The molecule has 2 N–H and O–H groups in total.